The molecule has 1 aliphatic rings. The van der Waals surface area contributed by atoms with Crippen molar-refractivity contribution < 1.29 is 32.4 Å². The normalized spacial score (nSPS) is 12.9. The molecule has 486 valence electrons. The first-order valence-corrected chi connectivity index (χ1v) is 35.2. The molecular formula is C80H110N7O4+3. The molecule has 0 amide bonds. The predicted molar refractivity (Wildman–Crippen MR) is 378 cm³/mol. The number of rotatable bonds is 37. The van der Waals surface area contributed by atoms with Crippen LogP contribution in [0.15, 0.2) is 146 Å². The van der Waals surface area contributed by atoms with Gasteiger partial charge in [0.25, 0.3) is 0 Å². The predicted octanol–water partition coefficient (Wildman–Crippen LogP) is 14.4. The third kappa shape index (κ3) is 17.4. The van der Waals surface area contributed by atoms with Gasteiger partial charge in [0.1, 0.15) is 36.1 Å². The van der Waals surface area contributed by atoms with Crippen LogP contribution in [0.2, 0.25) is 0 Å². The van der Waals surface area contributed by atoms with Gasteiger partial charge in [0.2, 0.25) is 0 Å². The van der Waals surface area contributed by atoms with E-state index in [0.717, 1.165) is 223 Å². The zero-order chi connectivity index (χ0) is 64.1. The summed E-state index contributed by atoms with van der Waals surface area (Å²) in [6.45, 7) is 35.5. The molecular weight excluding hydrogens is 1120 g/mol. The summed E-state index contributed by atoms with van der Waals surface area (Å²) in [5.74, 6) is 3.50. The van der Waals surface area contributed by atoms with E-state index in [0.29, 0.717) is 19.8 Å². The van der Waals surface area contributed by atoms with E-state index in [-0.39, 0.29) is 0 Å². The van der Waals surface area contributed by atoms with Crippen molar-refractivity contribution in [2.45, 2.75) is 133 Å². The van der Waals surface area contributed by atoms with E-state index < -0.39 is 0 Å². The van der Waals surface area contributed by atoms with E-state index >= 15 is 0 Å². The molecule has 11 heteroatoms. The van der Waals surface area contributed by atoms with Crippen molar-refractivity contribution in [2.75, 3.05) is 105 Å². The number of ether oxygens (including phenoxy) is 4. The van der Waals surface area contributed by atoms with Crippen LogP contribution in [0.4, 0.5) is 0 Å². The second-order valence-electron chi connectivity index (χ2n) is 25.7. The lowest BCUT2D eigenvalue weighted by molar-refractivity contribution is -0.923. The van der Waals surface area contributed by atoms with Crippen LogP contribution >= 0.6 is 0 Å². The molecule has 0 saturated heterocycles. The summed E-state index contributed by atoms with van der Waals surface area (Å²) in [4.78, 5) is 16.0. The Morgan fingerprint density at radius 2 is 0.538 bits per heavy atom. The maximum atomic E-state index is 6.47. The molecule has 8 aromatic rings. The van der Waals surface area contributed by atoms with Gasteiger partial charge in [0, 0.05) is 79.3 Å². The van der Waals surface area contributed by atoms with Crippen molar-refractivity contribution in [3.8, 4) is 23.0 Å². The van der Waals surface area contributed by atoms with Crippen molar-refractivity contribution in [3.05, 3.63) is 212 Å². The molecule has 4 N–H and O–H groups in total. The first-order chi connectivity index (χ1) is 44.4. The Morgan fingerprint density at radius 3 is 0.824 bits per heavy atom. The molecule has 4 aromatic carbocycles. The number of nitrogens with one attached hydrogen (secondary N) is 4. The summed E-state index contributed by atoms with van der Waals surface area (Å²) >= 11 is 0. The van der Waals surface area contributed by atoms with Gasteiger partial charge in [0.15, 0.2) is 0 Å². The monoisotopic (exact) mass is 1230 g/mol. The van der Waals surface area contributed by atoms with E-state index in [1.807, 2.05) is 0 Å². The number of hydrogen-bond donors (Lipinski definition) is 4. The maximum absolute atomic E-state index is 6.47. The number of benzene rings is 4. The zero-order valence-corrected chi connectivity index (χ0v) is 57.2. The van der Waals surface area contributed by atoms with E-state index in [4.69, 9.17) is 18.9 Å². The van der Waals surface area contributed by atoms with Crippen LogP contribution < -0.4 is 40.3 Å². The number of aromatic nitrogens is 4. The number of nitrogens with zero attached hydrogens (tertiary/aromatic N) is 3. The molecule has 1 aliphatic heterocycles. The first-order valence-electron chi connectivity index (χ1n) is 35.2. The topological polar surface area (TPSA) is 100 Å². The van der Waals surface area contributed by atoms with E-state index in [1.165, 1.54) is 51.4 Å². The Labute approximate surface area is 545 Å². The van der Waals surface area contributed by atoms with Gasteiger partial charge >= 0.3 is 0 Å². The highest BCUT2D eigenvalue weighted by atomic mass is 16.5. The SMILES string of the molecule is CCCCCCCCCCCOc1ccc(C2=c3ccc([nH]3)=C(c3ccc(OCC[N+](C)(CC)CC)cc3)c3ccc([nH]3)C(c3ccc(OCCC[N+](CC)(CC)CC)cc3)=c3ccc([nH]3)=C(c3ccc(OCCC[N+](CC)(CC)CC)cc3)c3ccc2[nH]3)cc1. The molecule has 91 heavy (non-hydrogen) atoms. The van der Waals surface area contributed by atoms with Crippen LogP contribution in [0, 0.1) is 0 Å². The average molecular weight is 1230 g/mol. The Hall–Kier alpha value is -7.44. The van der Waals surface area contributed by atoms with Gasteiger partial charge in [-0.2, -0.15) is 0 Å². The third-order valence-electron chi connectivity index (χ3n) is 20.5. The minimum atomic E-state index is 0.654. The van der Waals surface area contributed by atoms with E-state index in [9.17, 15) is 0 Å². The molecule has 0 spiro atoms. The third-order valence-corrected chi connectivity index (χ3v) is 20.5. The molecule has 8 bridgehead atoms. The molecule has 0 atom stereocenters. The summed E-state index contributed by atoms with van der Waals surface area (Å²) in [5.41, 5.74) is 12.4. The van der Waals surface area contributed by atoms with Crippen molar-refractivity contribution in [3.63, 3.8) is 0 Å². The molecule has 0 radical (unpaired) electrons. The summed E-state index contributed by atoms with van der Waals surface area (Å²) in [6, 6.07) is 52.5. The highest BCUT2D eigenvalue weighted by molar-refractivity contribution is 5.85. The number of likely N-dealkylation sites (N-methyl/N-ethyl adjacent to an activating group) is 1. The Bertz CT molecular complexity index is 3720. The van der Waals surface area contributed by atoms with Gasteiger partial charge in [0.05, 0.1) is 92.3 Å². The van der Waals surface area contributed by atoms with Gasteiger partial charge < -0.3 is 52.3 Å². The number of unbranched alkanes of at least 4 members (excludes halogenated alkanes) is 8. The van der Waals surface area contributed by atoms with Crippen molar-refractivity contribution >= 4 is 22.3 Å². The average Bonchev–Trinajstić information content (AvgIpc) is 1.68. The quantitative estimate of drug-likeness (QED) is 0.0230. The van der Waals surface area contributed by atoms with Crippen molar-refractivity contribution in [1.82, 2.24) is 19.9 Å². The molecule has 5 heterocycles. The Kier molecular flexibility index (Phi) is 24.8. The summed E-state index contributed by atoms with van der Waals surface area (Å²) in [6.07, 6.45) is 13.6. The molecule has 0 aliphatic carbocycles. The van der Waals surface area contributed by atoms with Gasteiger partial charge in [-0.3, -0.25) is 0 Å². The summed E-state index contributed by atoms with van der Waals surface area (Å²) < 4.78 is 29.0. The zero-order valence-electron chi connectivity index (χ0n) is 57.2. The number of quaternary nitrogens is 3. The lowest BCUT2D eigenvalue weighted by Gasteiger charge is -2.35. The fourth-order valence-corrected chi connectivity index (χ4v) is 13.4. The summed E-state index contributed by atoms with van der Waals surface area (Å²) in [7, 11) is 2.30. The highest BCUT2D eigenvalue weighted by Gasteiger charge is 2.24. The van der Waals surface area contributed by atoms with Gasteiger partial charge in [-0.1, -0.05) is 107 Å². The Balaban J connectivity index is 1.14. The fourth-order valence-electron chi connectivity index (χ4n) is 13.4. The van der Waals surface area contributed by atoms with Gasteiger partial charge in [-0.15, -0.1) is 0 Å². The molecule has 0 fully saturated rings. The number of aromatic amines is 4. The minimum absolute atomic E-state index is 0.654. The summed E-state index contributed by atoms with van der Waals surface area (Å²) in [5, 5.41) is 3.95. The van der Waals surface area contributed by atoms with Crippen LogP contribution in [0.25, 0.3) is 22.3 Å². The molecule has 0 unspecified atom stereocenters. The highest BCUT2D eigenvalue weighted by Crippen LogP contribution is 2.31. The Morgan fingerprint density at radius 1 is 0.264 bits per heavy atom. The molecule has 0 saturated carbocycles. The lowest BCUT2D eigenvalue weighted by atomic mass is 10.0. The standard InChI is InChI=1S/C80H110N7O4/c1-11-20-21-22-23-24-25-26-27-57-88-65-38-30-61(31-39-65)77-69-46-47-71(81-69)78(62-32-40-66(41-33-62)89-58-28-54-86(14-4,15-5)16-6)72-48-49-73(82-72)79(63-34-42-67(43-35-63)90-59-29-55-87(17-7,18-8)19-9)74-51-53-76(84-74)80(75-52-50-70(77)83-75)64-36-44-68(45-37-64)91-60-56-85(10,12-2)13-3/h30-53,81-84H,11-29,54-60H2,1-10H3/q+3. The van der Waals surface area contributed by atoms with E-state index in [2.05, 4.69) is 235 Å². The van der Waals surface area contributed by atoms with Crippen molar-refractivity contribution in [1.29, 1.82) is 0 Å². The number of H-pyrrole nitrogens is 4. The molecule has 4 aromatic heterocycles. The van der Waals surface area contributed by atoms with Gasteiger partial charge in [-0.05, 0) is 181 Å². The molecule has 11 nitrogen and oxygen atoms in total. The van der Waals surface area contributed by atoms with Crippen LogP contribution in [0.5, 0.6) is 23.0 Å². The lowest BCUT2D eigenvalue weighted by Crippen LogP contribution is -2.48. The van der Waals surface area contributed by atoms with E-state index in [1.54, 1.807) is 0 Å². The largest absolute Gasteiger partial charge is 0.494 e. The number of hydrogen-bond acceptors (Lipinski definition) is 4. The van der Waals surface area contributed by atoms with Crippen LogP contribution in [-0.4, -0.2) is 139 Å². The van der Waals surface area contributed by atoms with Crippen LogP contribution in [0.1, 0.15) is 178 Å². The fraction of sp³-hybridized carbons (Fsp3) is 0.450. The van der Waals surface area contributed by atoms with Crippen molar-refractivity contribution in [2.24, 2.45) is 0 Å². The second-order valence-corrected chi connectivity index (χ2v) is 25.7. The number of fused-ring (bicyclic) bond motifs is 8. The smallest absolute Gasteiger partial charge is 0.137 e. The molecule has 9 rings (SSSR count). The van der Waals surface area contributed by atoms with Gasteiger partial charge in [-0.25, -0.2) is 0 Å². The second kappa shape index (κ2) is 33.2. The first kappa shape index (κ1) is 67.9. The minimum Gasteiger partial charge on any atom is -0.494 e. The van der Waals surface area contributed by atoms with Crippen LogP contribution in [0.3, 0.4) is 0 Å². The maximum Gasteiger partial charge on any atom is 0.137 e. The van der Waals surface area contributed by atoms with Crippen LogP contribution in [-0.2, 0) is 0 Å².